The summed E-state index contributed by atoms with van der Waals surface area (Å²) >= 11 is 1.32. The van der Waals surface area contributed by atoms with Crippen LogP contribution in [-0.4, -0.2) is 25.6 Å². The van der Waals surface area contributed by atoms with Gasteiger partial charge in [0.05, 0.1) is 20.1 Å². The lowest BCUT2D eigenvalue weighted by Crippen LogP contribution is -2.16. The Bertz CT molecular complexity index is 1050. The molecule has 156 valence electrons. The lowest BCUT2D eigenvalue weighted by atomic mass is 9.97. The van der Waals surface area contributed by atoms with Gasteiger partial charge in [-0.1, -0.05) is 35.9 Å². The molecule has 0 fully saturated rings. The fourth-order valence-corrected chi connectivity index (χ4v) is 4.17. The predicted octanol–water partition coefficient (Wildman–Crippen LogP) is 5.40. The van der Waals surface area contributed by atoms with Gasteiger partial charge in [-0.15, -0.1) is 11.3 Å². The number of hydrogen-bond donors (Lipinski definition) is 1. The number of ether oxygens (including phenoxy) is 2. The summed E-state index contributed by atoms with van der Waals surface area (Å²) in [5, 5.41) is 5.27. The van der Waals surface area contributed by atoms with E-state index in [1.54, 1.807) is 0 Å². The van der Waals surface area contributed by atoms with Crippen molar-refractivity contribution in [3.8, 4) is 16.9 Å². The number of methoxy groups -OCH3 is 1. The Morgan fingerprint density at radius 2 is 1.77 bits per heavy atom. The van der Waals surface area contributed by atoms with E-state index in [1.165, 1.54) is 18.4 Å². The van der Waals surface area contributed by atoms with E-state index in [2.05, 4.69) is 5.32 Å². The topological polar surface area (TPSA) is 64.6 Å². The van der Waals surface area contributed by atoms with Gasteiger partial charge in [0, 0.05) is 10.9 Å². The predicted molar refractivity (Wildman–Crippen MR) is 121 cm³/mol. The molecule has 0 atom stereocenters. The summed E-state index contributed by atoms with van der Waals surface area (Å²) in [5.74, 6) is 0.105. The summed E-state index contributed by atoms with van der Waals surface area (Å²) in [5.41, 5.74) is 5.12. The Hall–Kier alpha value is -3.12. The van der Waals surface area contributed by atoms with Gasteiger partial charge in [0.25, 0.3) is 0 Å². The van der Waals surface area contributed by atoms with Crippen LogP contribution >= 0.6 is 11.3 Å². The number of thiophene rings is 1. The van der Waals surface area contributed by atoms with Gasteiger partial charge in [0.15, 0.2) is 0 Å². The van der Waals surface area contributed by atoms with Crippen LogP contribution in [0.2, 0.25) is 0 Å². The zero-order valence-electron chi connectivity index (χ0n) is 17.6. The van der Waals surface area contributed by atoms with Gasteiger partial charge in [-0.2, -0.15) is 0 Å². The van der Waals surface area contributed by atoms with E-state index in [0.29, 0.717) is 17.2 Å². The molecular formula is C24H25NO4S. The van der Waals surface area contributed by atoms with E-state index in [9.17, 15) is 9.59 Å². The number of rotatable bonds is 7. The van der Waals surface area contributed by atoms with Crippen molar-refractivity contribution in [2.24, 2.45) is 0 Å². The number of amides is 1. The van der Waals surface area contributed by atoms with Gasteiger partial charge >= 0.3 is 5.97 Å². The summed E-state index contributed by atoms with van der Waals surface area (Å²) < 4.78 is 10.4. The molecule has 6 heteroatoms. The normalized spacial score (nSPS) is 10.5. The first-order chi connectivity index (χ1) is 14.4. The van der Waals surface area contributed by atoms with Crippen LogP contribution in [0.1, 0.15) is 34.0 Å². The average molecular weight is 424 g/mol. The number of benzene rings is 2. The molecule has 3 aromatic rings. The molecule has 1 amide bonds. The van der Waals surface area contributed by atoms with Crippen molar-refractivity contribution in [2.75, 3.05) is 19.0 Å². The highest BCUT2D eigenvalue weighted by molar-refractivity contribution is 7.15. The monoisotopic (exact) mass is 423 g/mol. The maximum Gasteiger partial charge on any atom is 0.341 e. The SMILES string of the molecule is CCOc1ccc(CC(=O)Nc2scc(-c3cc(C)ccc3C)c2C(=O)OC)cc1. The molecule has 5 nitrogen and oxygen atoms in total. The molecule has 0 aliphatic heterocycles. The number of esters is 1. The Labute approximate surface area is 180 Å². The molecule has 1 heterocycles. The maximum absolute atomic E-state index is 12.6. The molecule has 0 saturated heterocycles. The third kappa shape index (κ3) is 4.89. The Kier molecular flexibility index (Phi) is 6.90. The smallest absolute Gasteiger partial charge is 0.341 e. The summed E-state index contributed by atoms with van der Waals surface area (Å²) in [6.45, 7) is 6.52. The summed E-state index contributed by atoms with van der Waals surface area (Å²) in [6, 6.07) is 13.5. The molecule has 0 spiro atoms. The molecule has 0 aliphatic carbocycles. The number of carbonyl (C=O) groups is 2. The van der Waals surface area contributed by atoms with E-state index in [1.807, 2.05) is 68.6 Å². The minimum Gasteiger partial charge on any atom is -0.494 e. The molecule has 2 aromatic carbocycles. The fourth-order valence-electron chi connectivity index (χ4n) is 3.21. The first-order valence-electron chi connectivity index (χ1n) is 9.72. The Morgan fingerprint density at radius 3 is 2.43 bits per heavy atom. The number of hydrogen-bond acceptors (Lipinski definition) is 5. The van der Waals surface area contributed by atoms with Crippen molar-refractivity contribution < 1.29 is 19.1 Å². The van der Waals surface area contributed by atoms with Gasteiger partial charge in [-0.05, 0) is 49.6 Å². The van der Waals surface area contributed by atoms with E-state index in [4.69, 9.17) is 9.47 Å². The number of carbonyl (C=O) groups excluding carboxylic acids is 2. The van der Waals surface area contributed by atoms with Crippen LogP contribution in [0.4, 0.5) is 5.00 Å². The zero-order chi connectivity index (χ0) is 21.7. The molecule has 1 aromatic heterocycles. The standard InChI is InChI=1S/C24H25NO4S/c1-5-29-18-10-8-17(9-11-18)13-21(26)25-23-22(24(27)28-4)20(14-30-23)19-12-15(2)6-7-16(19)3/h6-12,14H,5,13H2,1-4H3,(H,25,26). The minimum atomic E-state index is -0.469. The molecule has 0 bridgehead atoms. The highest BCUT2D eigenvalue weighted by Gasteiger charge is 2.23. The van der Waals surface area contributed by atoms with Crippen LogP contribution in [-0.2, 0) is 16.0 Å². The molecule has 0 saturated carbocycles. The van der Waals surface area contributed by atoms with Crippen LogP contribution in [0.25, 0.3) is 11.1 Å². The van der Waals surface area contributed by atoms with Crippen LogP contribution in [0.15, 0.2) is 47.8 Å². The first kappa shape index (κ1) is 21.6. The van der Waals surface area contributed by atoms with Crippen molar-refractivity contribution in [1.82, 2.24) is 0 Å². The molecule has 0 aliphatic rings. The van der Waals surface area contributed by atoms with E-state index < -0.39 is 5.97 Å². The lowest BCUT2D eigenvalue weighted by molar-refractivity contribution is -0.115. The highest BCUT2D eigenvalue weighted by Crippen LogP contribution is 2.38. The molecule has 1 N–H and O–H groups in total. The number of nitrogens with one attached hydrogen (secondary N) is 1. The number of aryl methyl sites for hydroxylation is 2. The van der Waals surface area contributed by atoms with Crippen LogP contribution in [0.5, 0.6) is 5.75 Å². The molecule has 0 unspecified atom stereocenters. The zero-order valence-corrected chi connectivity index (χ0v) is 18.4. The van der Waals surface area contributed by atoms with Crippen molar-refractivity contribution in [3.63, 3.8) is 0 Å². The van der Waals surface area contributed by atoms with Gasteiger partial charge in [0.2, 0.25) is 5.91 Å². The first-order valence-corrected chi connectivity index (χ1v) is 10.6. The number of anilines is 1. The second-order valence-corrected chi connectivity index (χ2v) is 7.85. The highest BCUT2D eigenvalue weighted by atomic mass is 32.1. The third-order valence-electron chi connectivity index (χ3n) is 4.72. The van der Waals surface area contributed by atoms with E-state index >= 15 is 0 Å². The molecule has 3 rings (SSSR count). The molecular weight excluding hydrogens is 398 g/mol. The van der Waals surface area contributed by atoms with Crippen LogP contribution < -0.4 is 10.1 Å². The van der Waals surface area contributed by atoms with Crippen molar-refractivity contribution in [3.05, 3.63) is 70.1 Å². The minimum absolute atomic E-state index is 0.196. The molecule has 0 radical (unpaired) electrons. The van der Waals surface area contributed by atoms with Crippen molar-refractivity contribution >= 4 is 28.2 Å². The van der Waals surface area contributed by atoms with Crippen molar-refractivity contribution in [1.29, 1.82) is 0 Å². The quantitative estimate of drug-likeness (QED) is 0.517. The lowest BCUT2D eigenvalue weighted by Gasteiger charge is -2.10. The van der Waals surface area contributed by atoms with E-state index in [-0.39, 0.29) is 12.3 Å². The largest absolute Gasteiger partial charge is 0.494 e. The Morgan fingerprint density at radius 1 is 1.03 bits per heavy atom. The fraction of sp³-hybridized carbons (Fsp3) is 0.250. The van der Waals surface area contributed by atoms with Gasteiger partial charge in [0.1, 0.15) is 16.3 Å². The van der Waals surface area contributed by atoms with Gasteiger partial charge in [-0.3, -0.25) is 4.79 Å². The second kappa shape index (κ2) is 9.59. The van der Waals surface area contributed by atoms with Crippen LogP contribution in [0, 0.1) is 13.8 Å². The molecule has 30 heavy (non-hydrogen) atoms. The third-order valence-corrected chi connectivity index (χ3v) is 5.61. The summed E-state index contributed by atoms with van der Waals surface area (Å²) in [7, 11) is 1.35. The van der Waals surface area contributed by atoms with Gasteiger partial charge < -0.3 is 14.8 Å². The average Bonchev–Trinajstić information content (AvgIpc) is 3.14. The van der Waals surface area contributed by atoms with Crippen LogP contribution in [0.3, 0.4) is 0 Å². The summed E-state index contributed by atoms with van der Waals surface area (Å²) in [4.78, 5) is 25.2. The second-order valence-electron chi connectivity index (χ2n) is 6.97. The van der Waals surface area contributed by atoms with Gasteiger partial charge in [-0.25, -0.2) is 4.79 Å². The summed E-state index contributed by atoms with van der Waals surface area (Å²) in [6.07, 6.45) is 0.198. The van der Waals surface area contributed by atoms with Crippen molar-refractivity contribution in [2.45, 2.75) is 27.2 Å². The maximum atomic E-state index is 12.6. The van der Waals surface area contributed by atoms with E-state index in [0.717, 1.165) is 33.6 Å². The Balaban J connectivity index is 1.85.